The number of nitrogens with zero attached hydrogens (tertiary/aromatic N) is 2. The summed E-state index contributed by atoms with van der Waals surface area (Å²) in [4.78, 5) is 10.7. The van der Waals surface area contributed by atoms with E-state index in [9.17, 15) is 4.79 Å². The molecule has 0 saturated carbocycles. The minimum Gasteiger partial charge on any atom is -0.298 e. The van der Waals surface area contributed by atoms with Gasteiger partial charge in [-0.2, -0.15) is 5.10 Å². The molecule has 0 fully saturated rings. The number of aromatic nitrogens is 2. The van der Waals surface area contributed by atoms with Crippen LogP contribution in [0.5, 0.6) is 0 Å². The molecular weight excluding hydrogens is 152 g/mol. The molecule has 0 amide bonds. The van der Waals surface area contributed by atoms with Crippen LogP contribution in [-0.2, 0) is 11.3 Å². The van der Waals surface area contributed by atoms with Crippen LogP contribution in [-0.4, -0.2) is 15.6 Å². The van der Waals surface area contributed by atoms with Gasteiger partial charge in [0.15, 0.2) is 5.78 Å². The molecule has 0 bridgehead atoms. The Morgan fingerprint density at radius 2 is 2.33 bits per heavy atom. The number of Topliss-reactive ketones (excluding diaryl/α,β-unsaturated/α-hetero) is 1. The van der Waals surface area contributed by atoms with E-state index in [0.29, 0.717) is 12.5 Å². The summed E-state index contributed by atoms with van der Waals surface area (Å²) < 4.78 is 1.68. The van der Waals surface area contributed by atoms with E-state index in [1.165, 1.54) is 0 Å². The molecule has 3 heteroatoms. The first kappa shape index (κ1) is 8.97. The average Bonchev–Trinajstić information content (AvgIpc) is 2.34. The number of hydrogen-bond donors (Lipinski definition) is 0. The number of carbonyl (C=O) groups is 1. The van der Waals surface area contributed by atoms with Gasteiger partial charge in [-0.15, -0.1) is 0 Å². The van der Waals surface area contributed by atoms with Crippen molar-refractivity contribution in [1.82, 2.24) is 9.78 Å². The molecule has 1 heterocycles. The molecule has 0 radical (unpaired) electrons. The third-order valence-electron chi connectivity index (χ3n) is 1.64. The smallest absolute Gasteiger partial charge is 0.151 e. The van der Waals surface area contributed by atoms with Crippen LogP contribution in [0.15, 0.2) is 12.3 Å². The van der Waals surface area contributed by atoms with Crippen molar-refractivity contribution in [3.05, 3.63) is 18.0 Å². The van der Waals surface area contributed by atoms with Gasteiger partial charge >= 0.3 is 0 Å². The summed E-state index contributed by atoms with van der Waals surface area (Å²) >= 11 is 0. The summed E-state index contributed by atoms with van der Waals surface area (Å²) in [7, 11) is 0. The SMILES string of the molecule is CC(=O)Cn1ccc(C(C)C)n1. The first-order valence-corrected chi connectivity index (χ1v) is 4.12. The Balaban J connectivity index is 2.70. The fourth-order valence-electron chi connectivity index (χ4n) is 1.00. The van der Waals surface area contributed by atoms with E-state index < -0.39 is 0 Å². The number of hydrogen-bond acceptors (Lipinski definition) is 2. The second-order valence-electron chi connectivity index (χ2n) is 3.29. The second-order valence-corrected chi connectivity index (χ2v) is 3.29. The van der Waals surface area contributed by atoms with Gasteiger partial charge in [0.25, 0.3) is 0 Å². The fourth-order valence-corrected chi connectivity index (χ4v) is 1.00. The molecule has 66 valence electrons. The van der Waals surface area contributed by atoms with Crippen molar-refractivity contribution in [1.29, 1.82) is 0 Å². The maximum absolute atomic E-state index is 10.7. The molecule has 1 rings (SSSR count). The van der Waals surface area contributed by atoms with Crippen LogP contribution in [0.2, 0.25) is 0 Å². The predicted molar refractivity (Wildman–Crippen MR) is 47.0 cm³/mol. The van der Waals surface area contributed by atoms with E-state index in [0.717, 1.165) is 5.69 Å². The van der Waals surface area contributed by atoms with Crippen molar-refractivity contribution in [2.24, 2.45) is 0 Å². The lowest BCUT2D eigenvalue weighted by Crippen LogP contribution is -2.07. The quantitative estimate of drug-likeness (QED) is 0.683. The molecule has 0 aliphatic rings. The molecule has 0 aliphatic heterocycles. The highest BCUT2D eigenvalue weighted by molar-refractivity contribution is 5.75. The van der Waals surface area contributed by atoms with E-state index in [1.807, 2.05) is 12.3 Å². The van der Waals surface area contributed by atoms with E-state index in [1.54, 1.807) is 11.6 Å². The zero-order chi connectivity index (χ0) is 9.14. The minimum absolute atomic E-state index is 0.133. The van der Waals surface area contributed by atoms with E-state index in [4.69, 9.17) is 0 Å². The number of carbonyl (C=O) groups excluding carboxylic acids is 1. The summed E-state index contributed by atoms with van der Waals surface area (Å²) in [6, 6.07) is 1.95. The standard InChI is InChI=1S/C9H14N2O/c1-7(2)9-4-5-11(10-9)6-8(3)12/h4-5,7H,6H2,1-3H3. The van der Waals surface area contributed by atoms with Gasteiger partial charge < -0.3 is 0 Å². The second kappa shape index (κ2) is 3.52. The lowest BCUT2D eigenvalue weighted by atomic mass is 10.1. The monoisotopic (exact) mass is 166 g/mol. The molecule has 0 saturated heterocycles. The van der Waals surface area contributed by atoms with Gasteiger partial charge in [0.1, 0.15) is 0 Å². The highest BCUT2D eigenvalue weighted by Crippen LogP contribution is 2.09. The number of ketones is 1. The first-order chi connectivity index (χ1) is 5.59. The van der Waals surface area contributed by atoms with Crippen LogP contribution >= 0.6 is 0 Å². The van der Waals surface area contributed by atoms with Crippen molar-refractivity contribution in [2.75, 3.05) is 0 Å². The van der Waals surface area contributed by atoms with E-state index in [-0.39, 0.29) is 5.78 Å². The molecule has 0 N–H and O–H groups in total. The zero-order valence-corrected chi connectivity index (χ0v) is 7.74. The lowest BCUT2D eigenvalue weighted by molar-refractivity contribution is -0.117. The third kappa shape index (κ3) is 2.19. The molecule has 0 unspecified atom stereocenters. The van der Waals surface area contributed by atoms with Crippen molar-refractivity contribution in [3.63, 3.8) is 0 Å². The summed E-state index contributed by atoms with van der Waals surface area (Å²) in [6.45, 7) is 6.12. The number of rotatable bonds is 3. The largest absolute Gasteiger partial charge is 0.298 e. The van der Waals surface area contributed by atoms with Crippen molar-refractivity contribution >= 4 is 5.78 Å². The van der Waals surface area contributed by atoms with Gasteiger partial charge in [-0.05, 0) is 18.9 Å². The zero-order valence-electron chi connectivity index (χ0n) is 7.74. The summed E-state index contributed by atoms with van der Waals surface area (Å²) in [5.41, 5.74) is 1.04. The normalized spacial score (nSPS) is 10.7. The fraction of sp³-hybridized carbons (Fsp3) is 0.556. The Hall–Kier alpha value is -1.12. The Morgan fingerprint density at radius 1 is 1.67 bits per heavy atom. The summed E-state index contributed by atoms with van der Waals surface area (Å²) in [6.07, 6.45) is 1.84. The van der Waals surface area contributed by atoms with Crippen LogP contribution < -0.4 is 0 Å². The van der Waals surface area contributed by atoms with Gasteiger partial charge in [-0.3, -0.25) is 9.48 Å². The molecule has 0 spiro atoms. The summed E-state index contributed by atoms with van der Waals surface area (Å²) in [5.74, 6) is 0.562. The predicted octanol–water partition coefficient (Wildman–Crippen LogP) is 1.60. The van der Waals surface area contributed by atoms with Gasteiger partial charge in [0, 0.05) is 6.20 Å². The van der Waals surface area contributed by atoms with Crippen molar-refractivity contribution in [2.45, 2.75) is 33.2 Å². The molecule has 3 nitrogen and oxygen atoms in total. The third-order valence-corrected chi connectivity index (χ3v) is 1.64. The van der Waals surface area contributed by atoms with E-state index >= 15 is 0 Å². The van der Waals surface area contributed by atoms with Crippen LogP contribution in [0.4, 0.5) is 0 Å². The highest BCUT2D eigenvalue weighted by atomic mass is 16.1. The molecule has 1 aromatic heterocycles. The molecule has 0 atom stereocenters. The van der Waals surface area contributed by atoms with Gasteiger partial charge in [0.05, 0.1) is 12.2 Å². The Bertz CT molecular complexity index is 276. The van der Waals surface area contributed by atoms with Crippen molar-refractivity contribution in [3.8, 4) is 0 Å². The molecule has 0 aromatic carbocycles. The lowest BCUT2D eigenvalue weighted by Gasteiger charge is -1.98. The van der Waals surface area contributed by atoms with Gasteiger partial charge in [-0.25, -0.2) is 0 Å². The first-order valence-electron chi connectivity index (χ1n) is 4.12. The van der Waals surface area contributed by atoms with Crippen LogP contribution in [0.25, 0.3) is 0 Å². The maximum atomic E-state index is 10.7. The highest BCUT2D eigenvalue weighted by Gasteiger charge is 2.03. The maximum Gasteiger partial charge on any atom is 0.151 e. The Morgan fingerprint density at radius 3 is 2.75 bits per heavy atom. The Kier molecular flexibility index (Phi) is 2.63. The summed E-state index contributed by atoms with van der Waals surface area (Å²) in [5, 5.41) is 4.25. The Labute approximate surface area is 72.4 Å². The molecule has 0 aliphatic carbocycles. The minimum atomic E-state index is 0.133. The molecular formula is C9H14N2O. The van der Waals surface area contributed by atoms with Gasteiger partial charge in [0.2, 0.25) is 0 Å². The average molecular weight is 166 g/mol. The molecule has 1 aromatic rings. The van der Waals surface area contributed by atoms with Gasteiger partial charge in [-0.1, -0.05) is 13.8 Å². The van der Waals surface area contributed by atoms with Crippen LogP contribution in [0.1, 0.15) is 32.4 Å². The van der Waals surface area contributed by atoms with Crippen molar-refractivity contribution < 1.29 is 4.79 Å². The van der Waals surface area contributed by atoms with Crippen LogP contribution in [0, 0.1) is 0 Å². The van der Waals surface area contributed by atoms with Crippen LogP contribution in [0.3, 0.4) is 0 Å². The van der Waals surface area contributed by atoms with E-state index in [2.05, 4.69) is 18.9 Å². The topological polar surface area (TPSA) is 34.9 Å². The molecule has 12 heavy (non-hydrogen) atoms.